The van der Waals surface area contributed by atoms with Gasteiger partial charge in [-0.3, -0.25) is 4.79 Å². The summed E-state index contributed by atoms with van der Waals surface area (Å²) in [6.07, 6.45) is 4.71. The van der Waals surface area contributed by atoms with Crippen LogP contribution < -0.4 is 10.6 Å². The van der Waals surface area contributed by atoms with Gasteiger partial charge in [0.2, 0.25) is 5.91 Å². The minimum Gasteiger partial charge on any atom is -0.322 e. The molecule has 2 rings (SSSR count). The summed E-state index contributed by atoms with van der Waals surface area (Å²) in [5.74, 6) is -0.0449. The van der Waals surface area contributed by atoms with Gasteiger partial charge < -0.3 is 10.6 Å². The van der Waals surface area contributed by atoms with Crippen LogP contribution in [0, 0.1) is 6.92 Å². The minimum atomic E-state index is -0.509. The van der Waals surface area contributed by atoms with E-state index in [1.807, 2.05) is 19.9 Å². The number of carbonyl (C=O) groups is 1. The van der Waals surface area contributed by atoms with Gasteiger partial charge in [-0.2, -0.15) is 0 Å². The summed E-state index contributed by atoms with van der Waals surface area (Å²) in [7, 11) is 0. The quantitative estimate of drug-likeness (QED) is 0.810. The van der Waals surface area contributed by atoms with E-state index >= 15 is 0 Å². The van der Waals surface area contributed by atoms with Crippen LogP contribution in [-0.4, -0.2) is 23.0 Å². The Morgan fingerprint density at radius 2 is 2.33 bits per heavy atom. The monoisotopic (exact) mass is 267 g/mol. The zero-order chi connectivity index (χ0) is 13.2. The van der Waals surface area contributed by atoms with Crippen molar-refractivity contribution in [2.24, 2.45) is 0 Å². The molecule has 1 fully saturated rings. The van der Waals surface area contributed by atoms with Crippen LogP contribution in [0.25, 0.3) is 0 Å². The van der Waals surface area contributed by atoms with E-state index < -0.39 is 5.54 Å². The van der Waals surface area contributed by atoms with Crippen LogP contribution >= 0.6 is 11.6 Å². The maximum absolute atomic E-state index is 12.3. The van der Waals surface area contributed by atoms with E-state index in [2.05, 4.69) is 15.6 Å². The molecule has 0 radical (unpaired) electrons. The van der Waals surface area contributed by atoms with Crippen LogP contribution in [0.5, 0.6) is 0 Å². The first-order chi connectivity index (χ1) is 8.51. The van der Waals surface area contributed by atoms with Gasteiger partial charge in [0.05, 0.1) is 11.2 Å². The Morgan fingerprint density at radius 3 is 3.00 bits per heavy atom. The van der Waals surface area contributed by atoms with Crippen molar-refractivity contribution in [3.8, 4) is 0 Å². The fraction of sp³-hybridized carbons (Fsp3) is 0.538. The molecule has 18 heavy (non-hydrogen) atoms. The van der Waals surface area contributed by atoms with Crippen molar-refractivity contribution in [1.82, 2.24) is 10.3 Å². The Bertz CT molecular complexity index is 456. The number of carbonyl (C=O) groups excluding carboxylic acids is 1. The Kier molecular flexibility index (Phi) is 3.88. The molecule has 1 saturated heterocycles. The second-order valence-electron chi connectivity index (χ2n) is 5.02. The second-order valence-corrected chi connectivity index (χ2v) is 5.38. The molecule has 98 valence electrons. The third kappa shape index (κ3) is 2.82. The van der Waals surface area contributed by atoms with Crippen LogP contribution in [-0.2, 0) is 4.79 Å². The molecule has 1 atom stereocenters. The van der Waals surface area contributed by atoms with Gasteiger partial charge in [0.15, 0.2) is 5.15 Å². The molecular formula is C13H18ClN3O. The first kappa shape index (κ1) is 13.3. The number of amides is 1. The number of nitrogens with one attached hydrogen (secondary N) is 2. The zero-order valence-corrected chi connectivity index (χ0v) is 11.5. The average molecular weight is 268 g/mol. The molecule has 5 heteroatoms. The largest absolute Gasteiger partial charge is 0.322 e. The van der Waals surface area contributed by atoms with E-state index in [1.54, 1.807) is 6.20 Å². The summed E-state index contributed by atoms with van der Waals surface area (Å²) in [4.78, 5) is 16.3. The van der Waals surface area contributed by atoms with Gasteiger partial charge in [-0.1, -0.05) is 11.6 Å². The smallest absolute Gasteiger partial charge is 0.244 e. The molecule has 0 saturated carbocycles. The summed E-state index contributed by atoms with van der Waals surface area (Å²) in [5, 5.41) is 6.47. The normalized spacial score (nSPS) is 23.7. The highest BCUT2D eigenvalue weighted by atomic mass is 35.5. The number of rotatable bonds is 2. The number of pyridine rings is 1. The number of aromatic nitrogens is 1. The summed E-state index contributed by atoms with van der Waals surface area (Å²) in [6, 6.07) is 1.83. The van der Waals surface area contributed by atoms with E-state index in [0.717, 1.165) is 31.4 Å². The summed E-state index contributed by atoms with van der Waals surface area (Å²) in [6.45, 7) is 4.72. The van der Waals surface area contributed by atoms with Crippen LogP contribution in [0.2, 0.25) is 5.15 Å². The van der Waals surface area contributed by atoms with Crippen molar-refractivity contribution in [2.75, 3.05) is 11.9 Å². The lowest BCUT2D eigenvalue weighted by Crippen LogP contribution is -2.54. The predicted octanol–water partition coefficient (Wildman–Crippen LogP) is 2.51. The van der Waals surface area contributed by atoms with Gasteiger partial charge in [-0.05, 0) is 51.3 Å². The van der Waals surface area contributed by atoms with E-state index in [9.17, 15) is 4.79 Å². The molecule has 4 nitrogen and oxygen atoms in total. The van der Waals surface area contributed by atoms with Gasteiger partial charge in [-0.15, -0.1) is 0 Å². The molecule has 1 aromatic rings. The molecule has 1 amide bonds. The van der Waals surface area contributed by atoms with Gasteiger partial charge in [0, 0.05) is 6.20 Å². The molecule has 2 N–H and O–H groups in total. The predicted molar refractivity (Wildman–Crippen MR) is 72.9 cm³/mol. The van der Waals surface area contributed by atoms with E-state index in [0.29, 0.717) is 10.8 Å². The first-order valence-electron chi connectivity index (χ1n) is 6.20. The third-order valence-corrected chi connectivity index (χ3v) is 3.65. The Labute approximate surface area is 112 Å². The van der Waals surface area contributed by atoms with Crippen LogP contribution in [0.4, 0.5) is 5.69 Å². The van der Waals surface area contributed by atoms with Crippen molar-refractivity contribution >= 4 is 23.2 Å². The van der Waals surface area contributed by atoms with Crippen molar-refractivity contribution in [1.29, 1.82) is 0 Å². The summed E-state index contributed by atoms with van der Waals surface area (Å²) >= 11 is 5.98. The molecule has 1 aliphatic heterocycles. The topological polar surface area (TPSA) is 54.0 Å². The fourth-order valence-electron chi connectivity index (χ4n) is 2.15. The number of piperidine rings is 1. The number of aryl methyl sites for hydroxylation is 1. The molecule has 2 heterocycles. The molecule has 1 aliphatic rings. The minimum absolute atomic E-state index is 0.0449. The van der Waals surface area contributed by atoms with E-state index in [1.165, 1.54) is 0 Å². The molecule has 0 bridgehead atoms. The highest BCUT2D eigenvalue weighted by molar-refractivity contribution is 6.32. The lowest BCUT2D eigenvalue weighted by Gasteiger charge is -2.33. The number of hydrogen-bond acceptors (Lipinski definition) is 3. The Hall–Kier alpha value is -1.13. The van der Waals surface area contributed by atoms with Gasteiger partial charge in [-0.25, -0.2) is 4.98 Å². The highest BCUT2D eigenvalue weighted by Crippen LogP contribution is 2.24. The number of hydrogen-bond donors (Lipinski definition) is 2. The van der Waals surface area contributed by atoms with E-state index in [4.69, 9.17) is 11.6 Å². The zero-order valence-electron chi connectivity index (χ0n) is 10.7. The number of halogens is 1. The van der Waals surface area contributed by atoms with Gasteiger partial charge >= 0.3 is 0 Å². The first-order valence-corrected chi connectivity index (χ1v) is 6.58. The number of nitrogens with zero attached hydrogens (tertiary/aromatic N) is 1. The molecule has 0 spiro atoms. The lowest BCUT2D eigenvalue weighted by molar-refractivity contribution is -0.122. The van der Waals surface area contributed by atoms with E-state index in [-0.39, 0.29) is 5.91 Å². The molecular weight excluding hydrogens is 250 g/mol. The third-order valence-electron chi connectivity index (χ3n) is 3.34. The van der Waals surface area contributed by atoms with Crippen molar-refractivity contribution in [3.63, 3.8) is 0 Å². The molecule has 1 unspecified atom stereocenters. The lowest BCUT2D eigenvalue weighted by atomic mass is 9.90. The fourth-order valence-corrected chi connectivity index (χ4v) is 2.30. The van der Waals surface area contributed by atoms with Crippen LogP contribution in [0.15, 0.2) is 12.3 Å². The SMILES string of the molecule is Cc1cnc(Cl)c(NC(=O)C2(C)CCCCN2)c1. The Morgan fingerprint density at radius 1 is 1.56 bits per heavy atom. The summed E-state index contributed by atoms with van der Waals surface area (Å²) < 4.78 is 0. The highest BCUT2D eigenvalue weighted by Gasteiger charge is 2.34. The summed E-state index contributed by atoms with van der Waals surface area (Å²) in [5.41, 5.74) is 1.04. The van der Waals surface area contributed by atoms with Crippen molar-refractivity contribution in [2.45, 2.75) is 38.6 Å². The average Bonchev–Trinajstić information content (AvgIpc) is 2.35. The number of anilines is 1. The van der Waals surface area contributed by atoms with Crippen molar-refractivity contribution < 1.29 is 4.79 Å². The van der Waals surface area contributed by atoms with Gasteiger partial charge in [0.25, 0.3) is 0 Å². The molecule has 0 aromatic carbocycles. The second kappa shape index (κ2) is 5.24. The maximum atomic E-state index is 12.3. The van der Waals surface area contributed by atoms with Gasteiger partial charge in [0.1, 0.15) is 0 Å². The maximum Gasteiger partial charge on any atom is 0.244 e. The van der Waals surface area contributed by atoms with Crippen molar-refractivity contribution in [3.05, 3.63) is 23.0 Å². The molecule has 0 aliphatic carbocycles. The standard InChI is InChI=1S/C13H18ClN3O/c1-9-7-10(11(14)15-8-9)17-12(18)13(2)5-3-4-6-16-13/h7-8,16H,3-6H2,1-2H3,(H,17,18). The Balaban J connectivity index is 2.13. The molecule has 1 aromatic heterocycles. The van der Waals surface area contributed by atoms with Crippen LogP contribution in [0.3, 0.4) is 0 Å². The van der Waals surface area contributed by atoms with Crippen LogP contribution in [0.1, 0.15) is 31.7 Å².